The Kier molecular flexibility index (Phi) is 4.65. The molecule has 0 atom stereocenters. The molecule has 22 heavy (non-hydrogen) atoms. The summed E-state index contributed by atoms with van der Waals surface area (Å²) in [6.45, 7) is 5.58. The Balaban J connectivity index is 2.08. The number of hydrogen-bond donors (Lipinski definition) is 2. The van der Waals surface area contributed by atoms with Crippen LogP contribution in [0, 0.1) is 5.41 Å². The van der Waals surface area contributed by atoms with Crippen molar-refractivity contribution in [3.63, 3.8) is 0 Å². The molecule has 5 nitrogen and oxygen atoms in total. The minimum absolute atomic E-state index is 0.0644. The molecule has 0 unspecified atom stereocenters. The third-order valence-corrected chi connectivity index (χ3v) is 3.07. The molecule has 0 aliphatic heterocycles. The Morgan fingerprint density at radius 2 is 1.86 bits per heavy atom. The number of anilines is 3. The van der Waals surface area contributed by atoms with Crippen molar-refractivity contribution >= 4 is 23.1 Å². The van der Waals surface area contributed by atoms with E-state index in [4.69, 9.17) is 4.74 Å². The van der Waals surface area contributed by atoms with Crippen LogP contribution >= 0.6 is 0 Å². The van der Waals surface area contributed by atoms with E-state index in [0.717, 1.165) is 17.1 Å². The van der Waals surface area contributed by atoms with E-state index in [-0.39, 0.29) is 5.91 Å². The largest absolute Gasteiger partial charge is 0.495 e. The van der Waals surface area contributed by atoms with Gasteiger partial charge in [-0.05, 0) is 24.3 Å². The number of nitrogens with one attached hydrogen (secondary N) is 2. The van der Waals surface area contributed by atoms with Crippen molar-refractivity contribution in [2.24, 2.45) is 5.41 Å². The average Bonchev–Trinajstić information content (AvgIpc) is 2.49. The molecule has 2 aromatic rings. The van der Waals surface area contributed by atoms with Crippen molar-refractivity contribution in [1.29, 1.82) is 0 Å². The molecule has 0 bridgehead atoms. The molecule has 1 aromatic heterocycles. The third-order valence-electron chi connectivity index (χ3n) is 3.07. The summed E-state index contributed by atoms with van der Waals surface area (Å²) in [4.78, 5) is 16.2. The zero-order valence-electron chi connectivity index (χ0n) is 13.3. The first kappa shape index (κ1) is 15.8. The molecular weight excluding hydrogens is 278 g/mol. The van der Waals surface area contributed by atoms with Crippen LogP contribution in [0.4, 0.5) is 17.2 Å². The van der Waals surface area contributed by atoms with Gasteiger partial charge in [-0.1, -0.05) is 32.9 Å². The van der Waals surface area contributed by atoms with Crippen LogP contribution in [0.15, 0.2) is 42.6 Å². The maximum absolute atomic E-state index is 11.9. The number of nitrogens with zero attached hydrogens (tertiary/aromatic N) is 1. The summed E-state index contributed by atoms with van der Waals surface area (Å²) in [5.74, 6) is 1.23. The zero-order chi connectivity index (χ0) is 16.2. The van der Waals surface area contributed by atoms with Crippen molar-refractivity contribution in [2.75, 3.05) is 17.7 Å². The highest BCUT2D eigenvalue weighted by molar-refractivity contribution is 5.93. The fourth-order valence-corrected chi connectivity index (χ4v) is 1.75. The van der Waals surface area contributed by atoms with Gasteiger partial charge in [0.25, 0.3) is 0 Å². The van der Waals surface area contributed by atoms with Gasteiger partial charge >= 0.3 is 0 Å². The molecule has 0 spiro atoms. The SMILES string of the molecule is COc1ccccc1Nc1ccc(NC(=O)C(C)(C)C)nc1. The minimum Gasteiger partial charge on any atom is -0.495 e. The van der Waals surface area contributed by atoms with Gasteiger partial charge in [0.1, 0.15) is 11.6 Å². The number of aromatic nitrogens is 1. The first-order valence-corrected chi connectivity index (χ1v) is 7.08. The fraction of sp³-hybridized carbons (Fsp3) is 0.294. The Bertz CT molecular complexity index is 646. The van der Waals surface area contributed by atoms with Gasteiger partial charge in [0.2, 0.25) is 5.91 Å². The second kappa shape index (κ2) is 6.47. The number of carbonyl (C=O) groups is 1. The van der Waals surface area contributed by atoms with Gasteiger partial charge < -0.3 is 15.4 Å². The van der Waals surface area contributed by atoms with Gasteiger partial charge in [-0.25, -0.2) is 4.98 Å². The number of amides is 1. The Morgan fingerprint density at radius 3 is 2.45 bits per heavy atom. The number of para-hydroxylation sites is 2. The molecule has 0 aliphatic carbocycles. The predicted octanol–water partition coefficient (Wildman–Crippen LogP) is 3.82. The quantitative estimate of drug-likeness (QED) is 0.901. The smallest absolute Gasteiger partial charge is 0.230 e. The lowest BCUT2D eigenvalue weighted by Gasteiger charge is -2.17. The van der Waals surface area contributed by atoms with Crippen LogP contribution in [0.2, 0.25) is 0 Å². The average molecular weight is 299 g/mol. The first-order valence-electron chi connectivity index (χ1n) is 7.08. The lowest BCUT2D eigenvalue weighted by molar-refractivity contribution is -0.123. The standard InChI is InChI=1S/C17H21N3O2/c1-17(2,3)16(21)20-15-10-9-12(11-18-15)19-13-7-5-6-8-14(13)22-4/h5-11,19H,1-4H3,(H,18,20,21). The molecule has 2 N–H and O–H groups in total. The van der Waals surface area contributed by atoms with Crippen molar-refractivity contribution in [2.45, 2.75) is 20.8 Å². The monoisotopic (exact) mass is 299 g/mol. The minimum atomic E-state index is -0.448. The summed E-state index contributed by atoms with van der Waals surface area (Å²) in [5, 5.41) is 6.03. The highest BCUT2D eigenvalue weighted by Gasteiger charge is 2.21. The number of hydrogen-bond acceptors (Lipinski definition) is 4. The number of methoxy groups -OCH3 is 1. The molecular formula is C17H21N3O2. The van der Waals surface area contributed by atoms with E-state index in [9.17, 15) is 4.79 Å². The van der Waals surface area contributed by atoms with Gasteiger partial charge in [0, 0.05) is 5.41 Å². The van der Waals surface area contributed by atoms with Gasteiger partial charge in [0.15, 0.2) is 0 Å². The summed E-state index contributed by atoms with van der Waals surface area (Å²) in [5.41, 5.74) is 1.23. The highest BCUT2D eigenvalue weighted by atomic mass is 16.5. The third kappa shape index (κ3) is 3.97. The summed E-state index contributed by atoms with van der Waals surface area (Å²) >= 11 is 0. The maximum atomic E-state index is 11.9. The van der Waals surface area contributed by atoms with E-state index in [1.54, 1.807) is 19.4 Å². The lowest BCUT2D eigenvalue weighted by atomic mass is 9.96. The number of carbonyl (C=O) groups excluding carboxylic acids is 1. The van der Waals surface area contributed by atoms with E-state index in [1.165, 1.54) is 0 Å². The topological polar surface area (TPSA) is 63.2 Å². The number of ether oxygens (including phenoxy) is 1. The maximum Gasteiger partial charge on any atom is 0.230 e. The normalized spacial score (nSPS) is 10.9. The molecule has 1 aromatic carbocycles. The molecule has 0 saturated carbocycles. The van der Waals surface area contributed by atoms with Crippen molar-refractivity contribution in [3.05, 3.63) is 42.6 Å². The molecule has 0 fully saturated rings. The van der Waals surface area contributed by atoms with E-state index in [2.05, 4.69) is 15.6 Å². The van der Waals surface area contributed by atoms with E-state index >= 15 is 0 Å². The zero-order valence-corrected chi connectivity index (χ0v) is 13.3. The molecule has 0 aliphatic rings. The highest BCUT2D eigenvalue weighted by Crippen LogP contribution is 2.27. The van der Waals surface area contributed by atoms with Crippen molar-refractivity contribution in [1.82, 2.24) is 4.98 Å². The summed E-state index contributed by atoms with van der Waals surface area (Å²) in [7, 11) is 1.63. The molecule has 2 rings (SSSR count). The van der Waals surface area contributed by atoms with Gasteiger partial charge in [-0.3, -0.25) is 4.79 Å². The Hall–Kier alpha value is -2.56. The molecule has 0 saturated heterocycles. The Morgan fingerprint density at radius 1 is 1.14 bits per heavy atom. The van der Waals surface area contributed by atoms with Crippen LogP contribution in [-0.2, 0) is 4.79 Å². The summed E-state index contributed by atoms with van der Waals surface area (Å²) < 4.78 is 5.29. The molecule has 1 amide bonds. The molecule has 0 radical (unpaired) electrons. The predicted molar refractivity (Wildman–Crippen MR) is 88.6 cm³/mol. The van der Waals surface area contributed by atoms with Gasteiger partial charge in [-0.2, -0.15) is 0 Å². The fourth-order valence-electron chi connectivity index (χ4n) is 1.75. The van der Waals surface area contributed by atoms with Gasteiger partial charge in [0.05, 0.1) is 24.7 Å². The summed E-state index contributed by atoms with van der Waals surface area (Å²) in [6, 6.07) is 11.3. The van der Waals surface area contributed by atoms with Crippen LogP contribution in [0.3, 0.4) is 0 Å². The first-order chi connectivity index (χ1) is 10.4. The van der Waals surface area contributed by atoms with Crippen LogP contribution < -0.4 is 15.4 Å². The number of benzene rings is 1. The second-order valence-corrected chi connectivity index (χ2v) is 5.96. The van der Waals surface area contributed by atoms with Crippen molar-refractivity contribution < 1.29 is 9.53 Å². The van der Waals surface area contributed by atoms with Crippen LogP contribution in [0.25, 0.3) is 0 Å². The Labute approximate surface area is 130 Å². The summed E-state index contributed by atoms with van der Waals surface area (Å²) in [6.07, 6.45) is 1.67. The second-order valence-electron chi connectivity index (χ2n) is 5.96. The molecule has 5 heteroatoms. The van der Waals surface area contributed by atoms with E-state index in [1.807, 2.05) is 51.1 Å². The van der Waals surface area contributed by atoms with E-state index in [0.29, 0.717) is 5.82 Å². The van der Waals surface area contributed by atoms with Crippen LogP contribution in [0.1, 0.15) is 20.8 Å². The number of rotatable bonds is 4. The van der Waals surface area contributed by atoms with Crippen LogP contribution in [-0.4, -0.2) is 18.0 Å². The molecule has 1 heterocycles. The van der Waals surface area contributed by atoms with Crippen LogP contribution in [0.5, 0.6) is 5.75 Å². The van der Waals surface area contributed by atoms with Gasteiger partial charge in [-0.15, -0.1) is 0 Å². The number of pyridine rings is 1. The van der Waals surface area contributed by atoms with Crippen molar-refractivity contribution in [3.8, 4) is 5.75 Å². The molecule has 116 valence electrons. The van der Waals surface area contributed by atoms with E-state index < -0.39 is 5.41 Å². The lowest BCUT2D eigenvalue weighted by Crippen LogP contribution is -2.27.